The van der Waals surface area contributed by atoms with E-state index in [9.17, 15) is 8.78 Å². The summed E-state index contributed by atoms with van der Waals surface area (Å²) in [7, 11) is 0. The van der Waals surface area contributed by atoms with Gasteiger partial charge in [-0.1, -0.05) is 13.8 Å². The van der Waals surface area contributed by atoms with E-state index in [1.807, 2.05) is 13.8 Å². The highest BCUT2D eigenvalue weighted by Crippen LogP contribution is 2.23. The third kappa shape index (κ3) is 2.48. The van der Waals surface area contributed by atoms with Gasteiger partial charge in [0.2, 0.25) is 0 Å². The minimum atomic E-state index is -0.789. The van der Waals surface area contributed by atoms with Crippen molar-refractivity contribution in [3.8, 4) is 0 Å². The van der Waals surface area contributed by atoms with Gasteiger partial charge < -0.3 is 0 Å². The zero-order valence-electron chi connectivity index (χ0n) is 6.97. The first kappa shape index (κ1) is 9.52. The molecule has 0 N–H and O–H groups in total. The first-order chi connectivity index (χ1) is 5.59. The number of halogens is 2. The zero-order chi connectivity index (χ0) is 9.14. The van der Waals surface area contributed by atoms with Gasteiger partial charge in [0, 0.05) is 10.1 Å². The van der Waals surface area contributed by atoms with Crippen molar-refractivity contribution in [3.05, 3.63) is 29.8 Å². The van der Waals surface area contributed by atoms with Gasteiger partial charge in [-0.15, -0.1) is 11.8 Å². The normalized spacial score (nSPS) is 10.8. The average molecular weight is 188 g/mol. The molecule has 12 heavy (non-hydrogen) atoms. The summed E-state index contributed by atoms with van der Waals surface area (Å²) in [6.07, 6.45) is 0. The molecule has 0 spiro atoms. The maximum Gasteiger partial charge on any atom is 0.159 e. The van der Waals surface area contributed by atoms with Crippen molar-refractivity contribution < 1.29 is 8.78 Å². The van der Waals surface area contributed by atoms with E-state index >= 15 is 0 Å². The fraction of sp³-hybridized carbons (Fsp3) is 0.333. The number of hydrogen-bond acceptors (Lipinski definition) is 1. The van der Waals surface area contributed by atoms with Gasteiger partial charge >= 0.3 is 0 Å². The molecule has 0 amide bonds. The van der Waals surface area contributed by atoms with Crippen LogP contribution in [0.4, 0.5) is 8.78 Å². The highest BCUT2D eigenvalue weighted by atomic mass is 32.2. The molecular formula is C9H10F2S. The Hall–Kier alpha value is -0.570. The molecule has 0 saturated heterocycles. The van der Waals surface area contributed by atoms with E-state index < -0.39 is 11.6 Å². The minimum absolute atomic E-state index is 0.384. The molecule has 0 unspecified atom stereocenters. The van der Waals surface area contributed by atoms with Crippen molar-refractivity contribution in [1.82, 2.24) is 0 Å². The first-order valence-corrected chi connectivity index (χ1v) is 4.59. The van der Waals surface area contributed by atoms with Gasteiger partial charge in [-0.25, -0.2) is 8.78 Å². The van der Waals surface area contributed by atoms with E-state index in [1.54, 1.807) is 6.07 Å². The molecule has 0 heterocycles. The summed E-state index contributed by atoms with van der Waals surface area (Å²) in [5.41, 5.74) is 0. The lowest BCUT2D eigenvalue weighted by Crippen LogP contribution is -1.88. The average Bonchev–Trinajstić information content (AvgIpc) is 1.96. The van der Waals surface area contributed by atoms with Crippen LogP contribution in [0.2, 0.25) is 0 Å². The van der Waals surface area contributed by atoms with Gasteiger partial charge in [-0.05, 0) is 18.2 Å². The number of rotatable bonds is 2. The summed E-state index contributed by atoms with van der Waals surface area (Å²) in [5, 5.41) is 0.384. The summed E-state index contributed by atoms with van der Waals surface area (Å²) in [6.45, 7) is 4.01. The molecule has 0 radical (unpaired) electrons. The lowest BCUT2D eigenvalue weighted by atomic mass is 10.3. The maximum absolute atomic E-state index is 12.6. The van der Waals surface area contributed by atoms with Crippen LogP contribution in [0, 0.1) is 11.6 Å². The third-order valence-corrected chi connectivity index (χ3v) is 2.26. The fourth-order valence-electron chi connectivity index (χ4n) is 0.822. The topological polar surface area (TPSA) is 0 Å². The van der Waals surface area contributed by atoms with Crippen molar-refractivity contribution in [2.45, 2.75) is 24.0 Å². The zero-order valence-corrected chi connectivity index (χ0v) is 7.79. The molecule has 1 aromatic carbocycles. The number of thioether (sulfide) groups is 1. The van der Waals surface area contributed by atoms with E-state index in [0.29, 0.717) is 5.25 Å². The summed E-state index contributed by atoms with van der Waals surface area (Å²) >= 11 is 1.51. The highest BCUT2D eigenvalue weighted by molar-refractivity contribution is 7.99. The lowest BCUT2D eigenvalue weighted by molar-refractivity contribution is 0.506. The molecule has 1 aromatic rings. The van der Waals surface area contributed by atoms with Crippen molar-refractivity contribution in [2.24, 2.45) is 0 Å². The molecule has 1 rings (SSSR count). The lowest BCUT2D eigenvalue weighted by Gasteiger charge is -2.04. The molecule has 0 aliphatic heterocycles. The second-order valence-electron chi connectivity index (χ2n) is 2.74. The smallest absolute Gasteiger partial charge is 0.159 e. The van der Waals surface area contributed by atoms with Crippen LogP contribution in [0.3, 0.4) is 0 Å². The second kappa shape index (κ2) is 3.90. The molecule has 0 atom stereocenters. The van der Waals surface area contributed by atoms with Crippen LogP contribution in [0.1, 0.15) is 13.8 Å². The van der Waals surface area contributed by atoms with E-state index in [1.165, 1.54) is 17.8 Å². The molecule has 66 valence electrons. The Labute approximate surface area is 75.0 Å². The van der Waals surface area contributed by atoms with Gasteiger partial charge in [0.25, 0.3) is 0 Å². The van der Waals surface area contributed by atoms with Crippen LogP contribution >= 0.6 is 11.8 Å². The van der Waals surface area contributed by atoms with Crippen LogP contribution in [-0.2, 0) is 0 Å². The Morgan fingerprint density at radius 1 is 1.17 bits per heavy atom. The maximum atomic E-state index is 12.6. The second-order valence-corrected chi connectivity index (χ2v) is 4.39. The molecule has 3 heteroatoms. The van der Waals surface area contributed by atoms with E-state index in [-0.39, 0.29) is 0 Å². The van der Waals surface area contributed by atoms with Crippen molar-refractivity contribution in [3.63, 3.8) is 0 Å². The predicted octanol–water partition coefficient (Wildman–Crippen LogP) is 3.47. The Kier molecular flexibility index (Phi) is 3.09. The largest absolute Gasteiger partial charge is 0.204 e. The molecular weight excluding hydrogens is 178 g/mol. The molecule has 0 saturated carbocycles. The summed E-state index contributed by atoms with van der Waals surface area (Å²) < 4.78 is 25.1. The van der Waals surface area contributed by atoms with Crippen LogP contribution in [0.15, 0.2) is 23.1 Å². The number of benzene rings is 1. The van der Waals surface area contributed by atoms with E-state index in [0.717, 1.165) is 11.0 Å². The van der Waals surface area contributed by atoms with E-state index in [4.69, 9.17) is 0 Å². The monoisotopic (exact) mass is 188 g/mol. The predicted molar refractivity (Wildman–Crippen MR) is 47.4 cm³/mol. The van der Waals surface area contributed by atoms with Crippen molar-refractivity contribution in [2.75, 3.05) is 0 Å². The Bertz CT molecular complexity index is 271. The molecule has 0 aliphatic carbocycles. The third-order valence-electron chi connectivity index (χ3n) is 1.26. The first-order valence-electron chi connectivity index (χ1n) is 3.71. The van der Waals surface area contributed by atoms with Crippen molar-refractivity contribution in [1.29, 1.82) is 0 Å². The van der Waals surface area contributed by atoms with Gasteiger partial charge in [0.05, 0.1) is 0 Å². The molecule has 0 bridgehead atoms. The minimum Gasteiger partial charge on any atom is -0.204 e. The standard InChI is InChI=1S/C9H10F2S/c1-6(2)12-7-3-4-8(10)9(11)5-7/h3-6H,1-2H3. The number of hydrogen-bond donors (Lipinski definition) is 0. The SMILES string of the molecule is CC(C)Sc1ccc(F)c(F)c1. The van der Waals surface area contributed by atoms with Crippen LogP contribution in [0.5, 0.6) is 0 Å². The van der Waals surface area contributed by atoms with Crippen LogP contribution < -0.4 is 0 Å². The molecule has 0 aliphatic rings. The highest BCUT2D eigenvalue weighted by Gasteiger charge is 2.03. The fourth-order valence-corrected chi connectivity index (χ4v) is 1.68. The van der Waals surface area contributed by atoms with Crippen molar-refractivity contribution >= 4 is 11.8 Å². The van der Waals surface area contributed by atoms with Gasteiger partial charge in [-0.2, -0.15) is 0 Å². The van der Waals surface area contributed by atoms with E-state index in [2.05, 4.69) is 0 Å². The summed E-state index contributed by atoms with van der Waals surface area (Å²) in [5.74, 6) is -1.57. The molecule has 0 fully saturated rings. The van der Waals surface area contributed by atoms with Gasteiger partial charge in [0.1, 0.15) is 0 Å². The van der Waals surface area contributed by atoms with Crippen LogP contribution in [0.25, 0.3) is 0 Å². The quantitative estimate of drug-likeness (QED) is 0.640. The van der Waals surface area contributed by atoms with Gasteiger partial charge in [0.15, 0.2) is 11.6 Å². The van der Waals surface area contributed by atoms with Gasteiger partial charge in [-0.3, -0.25) is 0 Å². The Balaban J connectivity index is 2.82. The Morgan fingerprint density at radius 2 is 1.83 bits per heavy atom. The Morgan fingerprint density at radius 3 is 2.33 bits per heavy atom. The summed E-state index contributed by atoms with van der Waals surface area (Å²) in [6, 6.07) is 3.96. The summed E-state index contributed by atoms with van der Waals surface area (Å²) in [4.78, 5) is 0.768. The molecule has 0 nitrogen and oxygen atoms in total. The molecule has 0 aromatic heterocycles. The van der Waals surface area contributed by atoms with Crippen LogP contribution in [-0.4, -0.2) is 5.25 Å².